The zero-order valence-electron chi connectivity index (χ0n) is 21.0. The highest BCUT2D eigenvalue weighted by atomic mass is 32.2. The van der Waals surface area contributed by atoms with Crippen LogP contribution < -0.4 is 22.1 Å². The summed E-state index contributed by atoms with van der Waals surface area (Å²) in [7, 11) is -10.3. The number of benzene rings is 3. The summed E-state index contributed by atoms with van der Waals surface area (Å²) in [5.74, 6) is -2.73. The van der Waals surface area contributed by atoms with E-state index in [4.69, 9.17) is 21.3 Å². The highest BCUT2D eigenvalue weighted by molar-refractivity contribution is 7.86. The van der Waals surface area contributed by atoms with Gasteiger partial charge in [0.15, 0.2) is 21.1 Å². The van der Waals surface area contributed by atoms with Gasteiger partial charge in [0.2, 0.25) is 0 Å². The third-order valence-corrected chi connectivity index (χ3v) is 8.07. The number of carbonyl (C=O) groups is 2. The summed E-state index contributed by atoms with van der Waals surface area (Å²) in [6.07, 6.45) is 1.24. The molecule has 4 rings (SSSR count). The predicted octanol–water partition coefficient (Wildman–Crippen LogP) is 1.93. The number of nitrogens with two attached hydrogens (primary N) is 2. The van der Waals surface area contributed by atoms with Gasteiger partial charge in [0.05, 0.1) is 16.6 Å². The summed E-state index contributed by atoms with van der Waals surface area (Å²) in [5, 5.41) is 19.9. The van der Waals surface area contributed by atoms with Crippen LogP contribution in [0.25, 0.3) is 33.4 Å². The third-order valence-electron chi connectivity index (χ3n) is 6.21. The predicted molar refractivity (Wildman–Crippen MR) is 146 cm³/mol. The summed E-state index contributed by atoms with van der Waals surface area (Å²) in [5.41, 5.74) is 9.29. The van der Waals surface area contributed by atoms with Gasteiger partial charge in [-0.25, -0.2) is 4.79 Å². The fourth-order valence-corrected chi connectivity index (χ4v) is 5.93. The largest absolute Gasteiger partial charge is 0.478 e. The average Bonchev–Trinajstić information content (AvgIpc) is 2.87. The second kappa shape index (κ2) is 10.9. The van der Waals surface area contributed by atoms with Crippen LogP contribution in [0.2, 0.25) is 0 Å². The number of anilines is 1. The maximum absolute atomic E-state index is 12.9. The van der Waals surface area contributed by atoms with Gasteiger partial charge in [-0.1, -0.05) is 0 Å². The van der Waals surface area contributed by atoms with Gasteiger partial charge in [-0.3, -0.25) is 19.3 Å². The van der Waals surface area contributed by atoms with Gasteiger partial charge in [-0.05, 0) is 67.4 Å². The first-order chi connectivity index (χ1) is 19.2. The van der Waals surface area contributed by atoms with Crippen LogP contribution in [0.5, 0.6) is 0 Å². The van der Waals surface area contributed by atoms with Crippen LogP contribution in [0, 0.1) is 5.41 Å². The van der Waals surface area contributed by atoms with E-state index in [0.29, 0.717) is 19.4 Å². The Morgan fingerprint density at radius 3 is 2.22 bits per heavy atom. The van der Waals surface area contributed by atoms with Crippen LogP contribution in [-0.2, 0) is 20.2 Å². The molecule has 0 atom stereocenters. The zero-order chi connectivity index (χ0) is 30.3. The summed E-state index contributed by atoms with van der Waals surface area (Å²) < 4.78 is 74.7. The maximum Gasteiger partial charge on any atom is 0.336 e. The molecule has 0 aromatic heterocycles. The highest BCUT2D eigenvalue weighted by Crippen LogP contribution is 2.45. The van der Waals surface area contributed by atoms with Gasteiger partial charge in [0.25, 0.3) is 26.1 Å². The highest BCUT2D eigenvalue weighted by Gasteiger charge is 2.32. The van der Waals surface area contributed by atoms with Crippen LogP contribution in [0.3, 0.4) is 0 Å². The molecule has 2 aromatic rings. The van der Waals surface area contributed by atoms with Crippen molar-refractivity contribution >= 4 is 48.8 Å². The number of fused-ring (bicyclic) bond motifs is 2. The molecular formula is C25H24N4O10S2. The second-order valence-corrected chi connectivity index (χ2v) is 11.6. The number of carboxylic acids is 1. The van der Waals surface area contributed by atoms with E-state index in [2.05, 4.69) is 5.32 Å². The summed E-state index contributed by atoms with van der Waals surface area (Å²) in [6, 6.07) is 8.18. The number of unbranched alkanes of at least 4 members (excludes halogenated alkanes) is 1. The molecule has 0 spiro atoms. The molecule has 16 heteroatoms. The third kappa shape index (κ3) is 5.63. The number of carboxylic acid groups (broad SMARTS) is 1. The van der Waals surface area contributed by atoms with E-state index < -0.39 is 64.3 Å². The summed E-state index contributed by atoms with van der Waals surface area (Å²) in [6.45, 7) is 0.706. The van der Waals surface area contributed by atoms with Crippen molar-refractivity contribution < 1.29 is 45.1 Å². The molecule has 0 saturated carbocycles. The standard InChI is InChI=1S/C25H24N4O10S2/c26-9-1-2-10-29-24(30)12-3-4-13(25(31)32)16(11-12)19-14-5-7-17(27)22(40(33,34)35)20(14)39-21-15(19)6-8-18(28)23(21)41(36,37)38/h3-8,11,27H,1-2,9-10,26,28H2,(H,29,30)(H,31,32)(H,33,34,35)(H,36,37,38). The first kappa shape index (κ1) is 29.6. The average molecular weight is 605 g/mol. The lowest BCUT2D eigenvalue weighted by molar-refractivity contribution is 0.0697. The lowest BCUT2D eigenvalue weighted by Gasteiger charge is -2.20. The molecule has 0 fully saturated rings. The number of aromatic carboxylic acids is 1. The number of nitrogens with one attached hydrogen (secondary N) is 2. The van der Waals surface area contributed by atoms with Gasteiger partial charge < -0.3 is 26.3 Å². The SMILES string of the molecule is N=c1ccc2c(-c3cc(C(=O)NCCCCN)ccc3C(=O)O)c3ccc(N)c(S(=O)(=O)O)c3oc-2c1S(=O)(=O)O. The topological polar surface area (TPSA) is 264 Å². The van der Waals surface area contributed by atoms with Crippen molar-refractivity contribution in [1.29, 1.82) is 5.41 Å². The zero-order valence-corrected chi connectivity index (χ0v) is 22.7. The lowest BCUT2D eigenvalue weighted by atomic mass is 9.89. The van der Waals surface area contributed by atoms with E-state index >= 15 is 0 Å². The van der Waals surface area contributed by atoms with Crippen LogP contribution >= 0.6 is 0 Å². The Kier molecular flexibility index (Phi) is 7.88. The number of nitrogen functional groups attached to an aromatic ring is 1. The number of amides is 1. The summed E-state index contributed by atoms with van der Waals surface area (Å²) in [4.78, 5) is 23.2. The molecule has 1 heterocycles. The van der Waals surface area contributed by atoms with Gasteiger partial charge in [-0.15, -0.1) is 0 Å². The minimum absolute atomic E-state index is 0.0115. The van der Waals surface area contributed by atoms with E-state index in [0.717, 1.165) is 18.2 Å². The molecule has 1 aliphatic carbocycles. The molecule has 2 aliphatic rings. The summed E-state index contributed by atoms with van der Waals surface area (Å²) >= 11 is 0. The van der Waals surface area contributed by atoms with Crippen molar-refractivity contribution in [2.75, 3.05) is 18.8 Å². The number of hydrogen-bond acceptors (Lipinski definition) is 10. The van der Waals surface area contributed by atoms with Crippen LogP contribution in [-0.4, -0.2) is 56.0 Å². The molecule has 0 bridgehead atoms. The van der Waals surface area contributed by atoms with Crippen LogP contribution in [0.4, 0.5) is 5.69 Å². The Labute approximate surface area is 232 Å². The van der Waals surface area contributed by atoms with Crippen molar-refractivity contribution in [2.24, 2.45) is 5.73 Å². The molecule has 0 saturated heterocycles. The van der Waals surface area contributed by atoms with E-state index in [1.165, 1.54) is 24.3 Å². The Bertz CT molecular complexity index is 1970. The fourth-order valence-electron chi connectivity index (χ4n) is 4.45. The van der Waals surface area contributed by atoms with Crippen LogP contribution in [0.1, 0.15) is 33.6 Å². The lowest BCUT2D eigenvalue weighted by Crippen LogP contribution is -2.25. The Morgan fingerprint density at radius 2 is 1.61 bits per heavy atom. The molecule has 0 radical (unpaired) electrons. The maximum atomic E-state index is 12.9. The Hall–Kier alpha value is -4.35. The van der Waals surface area contributed by atoms with Crippen molar-refractivity contribution in [2.45, 2.75) is 22.6 Å². The minimum atomic E-state index is -5.16. The first-order valence-corrected chi connectivity index (χ1v) is 14.7. The van der Waals surface area contributed by atoms with Gasteiger partial charge in [-0.2, -0.15) is 16.8 Å². The molecule has 41 heavy (non-hydrogen) atoms. The normalized spacial score (nSPS) is 12.1. The molecule has 216 valence electrons. The van der Waals surface area contributed by atoms with E-state index in [-0.39, 0.29) is 39.7 Å². The van der Waals surface area contributed by atoms with E-state index in [9.17, 15) is 40.6 Å². The molecule has 1 amide bonds. The Morgan fingerprint density at radius 1 is 0.927 bits per heavy atom. The monoisotopic (exact) mass is 604 g/mol. The molecular weight excluding hydrogens is 580 g/mol. The van der Waals surface area contributed by atoms with Gasteiger partial charge in [0, 0.05) is 28.6 Å². The quantitative estimate of drug-likeness (QED) is 0.0625. The van der Waals surface area contributed by atoms with Gasteiger partial charge >= 0.3 is 5.97 Å². The van der Waals surface area contributed by atoms with Crippen molar-refractivity contribution in [3.8, 4) is 22.5 Å². The van der Waals surface area contributed by atoms with Crippen LogP contribution in [0.15, 0.2) is 56.7 Å². The molecule has 2 aromatic carbocycles. The molecule has 1 aliphatic heterocycles. The van der Waals surface area contributed by atoms with Gasteiger partial charge in [0.1, 0.15) is 0 Å². The fraction of sp³-hybridized carbons (Fsp3) is 0.160. The molecule has 14 nitrogen and oxygen atoms in total. The van der Waals surface area contributed by atoms with Crippen molar-refractivity contribution in [1.82, 2.24) is 5.32 Å². The minimum Gasteiger partial charge on any atom is -0.478 e. The molecule has 0 unspecified atom stereocenters. The second-order valence-electron chi connectivity index (χ2n) is 8.92. The van der Waals surface area contributed by atoms with Crippen molar-refractivity contribution in [3.63, 3.8) is 0 Å². The smallest absolute Gasteiger partial charge is 0.336 e. The number of carbonyl (C=O) groups excluding carboxylic acids is 1. The number of hydrogen-bond donors (Lipinski definition) is 7. The Balaban J connectivity index is 2.19. The van der Waals surface area contributed by atoms with E-state index in [1.54, 1.807) is 0 Å². The molecule has 9 N–H and O–H groups in total. The van der Waals surface area contributed by atoms with E-state index in [1.807, 2.05) is 0 Å². The van der Waals surface area contributed by atoms with Crippen molar-refractivity contribution in [3.05, 3.63) is 58.9 Å². The number of rotatable bonds is 9. The first-order valence-electron chi connectivity index (χ1n) is 11.8.